The molecule has 21 heavy (non-hydrogen) atoms. The van der Waals surface area contributed by atoms with E-state index in [1.54, 1.807) is 6.07 Å². The quantitative estimate of drug-likeness (QED) is 0.722. The first-order chi connectivity index (χ1) is 10.1. The molecule has 0 atom stereocenters. The van der Waals surface area contributed by atoms with Crippen LogP contribution in [0.3, 0.4) is 0 Å². The van der Waals surface area contributed by atoms with Crippen LogP contribution in [-0.4, -0.2) is 16.2 Å². The van der Waals surface area contributed by atoms with E-state index in [4.69, 9.17) is 10.4 Å². The van der Waals surface area contributed by atoms with Crippen molar-refractivity contribution < 1.29 is 9.42 Å². The lowest BCUT2D eigenvalue weighted by molar-refractivity contribution is -0.114. The lowest BCUT2D eigenvalue weighted by Gasteiger charge is -2.05. The fourth-order valence-corrected chi connectivity index (χ4v) is 2.77. The van der Waals surface area contributed by atoms with Crippen molar-refractivity contribution >= 4 is 40.1 Å². The van der Waals surface area contributed by atoms with Crippen LogP contribution in [0.4, 0.5) is 11.4 Å². The van der Waals surface area contributed by atoms with Gasteiger partial charge in [0.15, 0.2) is 11.0 Å². The maximum atomic E-state index is 11.0. The van der Waals surface area contributed by atoms with Crippen molar-refractivity contribution in [2.45, 2.75) is 16.7 Å². The molecule has 1 aromatic heterocycles. The zero-order chi connectivity index (χ0) is 14.8. The summed E-state index contributed by atoms with van der Waals surface area (Å²) in [6.07, 6.45) is 0. The van der Waals surface area contributed by atoms with Crippen molar-refractivity contribution in [3.63, 3.8) is 0 Å². The minimum atomic E-state index is -0.0932. The third kappa shape index (κ3) is 2.82. The highest BCUT2D eigenvalue weighted by atomic mass is 32.2. The molecule has 3 N–H and O–H groups in total. The number of fused-ring (bicyclic) bond motifs is 1. The second-order valence-corrected chi connectivity index (χ2v) is 5.54. The summed E-state index contributed by atoms with van der Waals surface area (Å²) >= 11 is 1.53. The molecule has 0 aliphatic rings. The van der Waals surface area contributed by atoms with Crippen LogP contribution in [0, 0.1) is 0 Å². The van der Waals surface area contributed by atoms with Crippen LogP contribution >= 0.6 is 11.8 Å². The Hall–Kier alpha value is -2.54. The molecule has 0 fully saturated rings. The number of benzene rings is 2. The van der Waals surface area contributed by atoms with Crippen LogP contribution in [0.15, 0.2) is 50.8 Å². The zero-order valence-corrected chi connectivity index (χ0v) is 12.0. The first-order valence-corrected chi connectivity index (χ1v) is 7.01. The Morgan fingerprint density at radius 1 is 1.14 bits per heavy atom. The molecule has 7 heteroatoms. The van der Waals surface area contributed by atoms with Gasteiger partial charge >= 0.3 is 0 Å². The van der Waals surface area contributed by atoms with Gasteiger partial charge in [-0.25, -0.2) is 4.63 Å². The summed E-state index contributed by atoms with van der Waals surface area (Å²) in [6, 6.07) is 11.2. The zero-order valence-electron chi connectivity index (χ0n) is 11.2. The third-order valence-corrected chi connectivity index (χ3v) is 3.87. The highest BCUT2D eigenvalue weighted by molar-refractivity contribution is 7.99. The molecule has 0 saturated carbocycles. The number of aromatic nitrogens is 2. The molecule has 2 aromatic carbocycles. The number of hydrogen-bond acceptors (Lipinski definition) is 6. The predicted molar refractivity (Wildman–Crippen MR) is 81.1 cm³/mol. The number of carbonyl (C=O) groups is 1. The van der Waals surface area contributed by atoms with Gasteiger partial charge in [0.25, 0.3) is 0 Å². The molecular weight excluding hydrogens is 288 g/mol. The number of nitrogen functional groups attached to an aromatic ring is 1. The smallest absolute Gasteiger partial charge is 0.221 e. The molecule has 1 amide bonds. The van der Waals surface area contributed by atoms with Crippen molar-refractivity contribution in [2.24, 2.45) is 0 Å². The van der Waals surface area contributed by atoms with Gasteiger partial charge in [0.05, 0.1) is 5.69 Å². The molecule has 0 unspecified atom stereocenters. The lowest BCUT2D eigenvalue weighted by Crippen LogP contribution is -2.05. The van der Waals surface area contributed by atoms with E-state index in [2.05, 4.69) is 15.6 Å². The van der Waals surface area contributed by atoms with Crippen LogP contribution in [0.25, 0.3) is 11.0 Å². The van der Waals surface area contributed by atoms with E-state index in [0.717, 1.165) is 15.5 Å². The Morgan fingerprint density at radius 2 is 1.86 bits per heavy atom. The molecular formula is C14H12N4O2S. The molecule has 0 spiro atoms. The van der Waals surface area contributed by atoms with E-state index in [9.17, 15) is 4.79 Å². The summed E-state index contributed by atoms with van der Waals surface area (Å²) in [7, 11) is 0. The Balaban J connectivity index is 1.87. The van der Waals surface area contributed by atoms with Crippen molar-refractivity contribution in [3.8, 4) is 0 Å². The largest absolute Gasteiger partial charge is 0.397 e. The lowest BCUT2D eigenvalue weighted by atomic mass is 10.3. The summed E-state index contributed by atoms with van der Waals surface area (Å²) in [5.41, 5.74) is 8.33. The first-order valence-electron chi connectivity index (χ1n) is 6.20. The molecule has 106 valence electrons. The maximum Gasteiger partial charge on any atom is 0.221 e. The van der Waals surface area contributed by atoms with Crippen molar-refractivity contribution in [1.29, 1.82) is 0 Å². The average Bonchev–Trinajstić information content (AvgIpc) is 2.94. The number of rotatable bonds is 3. The van der Waals surface area contributed by atoms with Crippen LogP contribution in [0.2, 0.25) is 0 Å². The minimum Gasteiger partial charge on any atom is -0.397 e. The first kappa shape index (κ1) is 13.4. The molecule has 0 aliphatic heterocycles. The van der Waals surface area contributed by atoms with Crippen molar-refractivity contribution in [1.82, 2.24) is 10.3 Å². The number of amides is 1. The molecule has 0 saturated heterocycles. The number of nitrogens with two attached hydrogens (primary N) is 1. The summed E-state index contributed by atoms with van der Waals surface area (Å²) in [4.78, 5) is 12.9. The second-order valence-electron chi connectivity index (χ2n) is 4.42. The van der Waals surface area contributed by atoms with Gasteiger partial charge in [0.1, 0.15) is 0 Å². The van der Waals surface area contributed by atoms with Gasteiger partial charge in [-0.05, 0) is 46.7 Å². The number of carbonyl (C=O) groups excluding carboxylic acids is 1. The molecule has 6 nitrogen and oxygen atoms in total. The Morgan fingerprint density at radius 3 is 2.57 bits per heavy atom. The highest BCUT2D eigenvalue weighted by Gasteiger charge is 2.11. The SMILES string of the molecule is CC(=O)Nc1ccc(Sc2ccc(N)c3nonc23)cc1. The van der Waals surface area contributed by atoms with E-state index in [1.807, 2.05) is 30.3 Å². The van der Waals surface area contributed by atoms with Crippen LogP contribution in [0.1, 0.15) is 6.92 Å². The fraction of sp³-hybridized carbons (Fsp3) is 0.0714. The van der Waals surface area contributed by atoms with Gasteiger partial charge in [-0.15, -0.1) is 0 Å². The number of anilines is 2. The van der Waals surface area contributed by atoms with Crippen LogP contribution < -0.4 is 11.1 Å². The molecule has 0 aliphatic carbocycles. The third-order valence-electron chi connectivity index (χ3n) is 2.81. The van der Waals surface area contributed by atoms with E-state index < -0.39 is 0 Å². The van der Waals surface area contributed by atoms with Gasteiger partial charge in [-0.1, -0.05) is 11.8 Å². The monoisotopic (exact) mass is 300 g/mol. The van der Waals surface area contributed by atoms with Gasteiger partial charge in [-0.3, -0.25) is 4.79 Å². The van der Waals surface area contributed by atoms with E-state index in [0.29, 0.717) is 16.7 Å². The van der Waals surface area contributed by atoms with Crippen LogP contribution in [-0.2, 0) is 4.79 Å². The number of nitrogens with zero attached hydrogens (tertiary/aromatic N) is 2. The Bertz CT molecular complexity index is 798. The Labute approximate surface area is 124 Å². The molecule has 1 heterocycles. The molecule has 0 bridgehead atoms. The maximum absolute atomic E-state index is 11.0. The van der Waals surface area contributed by atoms with Gasteiger partial charge in [-0.2, -0.15) is 0 Å². The fourth-order valence-electron chi connectivity index (χ4n) is 1.88. The van der Waals surface area contributed by atoms with Crippen molar-refractivity contribution in [3.05, 3.63) is 36.4 Å². The summed E-state index contributed by atoms with van der Waals surface area (Å²) in [5.74, 6) is -0.0932. The summed E-state index contributed by atoms with van der Waals surface area (Å²) < 4.78 is 4.75. The van der Waals surface area contributed by atoms with Gasteiger partial charge in [0, 0.05) is 22.4 Å². The number of nitrogens with one attached hydrogen (secondary N) is 1. The second kappa shape index (κ2) is 5.45. The van der Waals surface area contributed by atoms with Crippen LogP contribution in [0.5, 0.6) is 0 Å². The summed E-state index contributed by atoms with van der Waals surface area (Å²) in [5, 5.41) is 10.4. The topological polar surface area (TPSA) is 94.0 Å². The molecule has 3 rings (SSSR count). The molecule has 3 aromatic rings. The highest BCUT2D eigenvalue weighted by Crippen LogP contribution is 2.34. The minimum absolute atomic E-state index is 0.0932. The number of hydrogen-bond donors (Lipinski definition) is 2. The van der Waals surface area contributed by atoms with Gasteiger partial charge < -0.3 is 11.1 Å². The Kier molecular flexibility index (Phi) is 3.49. The molecule has 0 radical (unpaired) electrons. The predicted octanol–water partition coefficient (Wildman–Crippen LogP) is 2.91. The van der Waals surface area contributed by atoms with Gasteiger partial charge in [0.2, 0.25) is 5.91 Å². The van der Waals surface area contributed by atoms with E-state index in [-0.39, 0.29) is 5.91 Å². The van der Waals surface area contributed by atoms with E-state index in [1.165, 1.54) is 18.7 Å². The van der Waals surface area contributed by atoms with Crippen molar-refractivity contribution in [2.75, 3.05) is 11.1 Å². The average molecular weight is 300 g/mol. The van der Waals surface area contributed by atoms with E-state index >= 15 is 0 Å². The summed E-state index contributed by atoms with van der Waals surface area (Å²) in [6.45, 7) is 1.48. The normalized spacial score (nSPS) is 10.7. The standard InChI is InChI=1S/C14H12N4O2S/c1-8(19)16-9-2-4-10(5-3-9)21-12-7-6-11(15)13-14(12)18-20-17-13/h2-7H,15H2,1H3,(H,16,19).